The van der Waals surface area contributed by atoms with E-state index in [9.17, 15) is 14.7 Å². The van der Waals surface area contributed by atoms with Crippen LogP contribution in [0.2, 0.25) is 0 Å². The van der Waals surface area contributed by atoms with Gasteiger partial charge in [0, 0.05) is 19.0 Å². The summed E-state index contributed by atoms with van der Waals surface area (Å²) >= 11 is 0. The molecule has 0 aromatic heterocycles. The lowest BCUT2D eigenvalue weighted by Gasteiger charge is -2.21. The molecule has 1 heterocycles. The quantitative estimate of drug-likeness (QED) is 0.648. The number of likely N-dealkylation sites (tertiary alicyclic amines) is 1. The number of hydrogen-bond acceptors (Lipinski definition) is 3. The molecule has 6 heteroatoms. The predicted octanol–water partition coefficient (Wildman–Crippen LogP) is 0.0159. The van der Waals surface area contributed by atoms with Crippen molar-refractivity contribution in [3.8, 4) is 0 Å². The van der Waals surface area contributed by atoms with E-state index in [1.807, 2.05) is 0 Å². The minimum atomic E-state index is -1.02. The molecular formula is C12H18N2O4. The lowest BCUT2D eigenvalue weighted by atomic mass is 10.00. The van der Waals surface area contributed by atoms with E-state index in [4.69, 9.17) is 5.11 Å². The molecule has 3 fully saturated rings. The van der Waals surface area contributed by atoms with Gasteiger partial charge in [-0.25, -0.2) is 9.59 Å². The molecule has 3 unspecified atom stereocenters. The molecule has 1 aliphatic heterocycles. The van der Waals surface area contributed by atoms with E-state index in [1.165, 1.54) is 0 Å². The van der Waals surface area contributed by atoms with Gasteiger partial charge in [0.05, 0.1) is 6.10 Å². The van der Waals surface area contributed by atoms with Crippen molar-refractivity contribution in [2.24, 2.45) is 11.8 Å². The number of hydrogen-bond donors (Lipinski definition) is 3. The van der Waals surface area contributed by atoms with Crippen molar-refractivity contribution in [2.75, 3.05) is 13.1 Å². The summed E-state index contributed by atoms with van der Waals surface area (Å²) < 4.78 is 0. The molecule has 0 spiro atoms. The first-order chi connectivity index (χ1) is 8.52. The summed E-state index contributed by atoms with van der Waals surface area (Å²) in [5.74, 6) is -0.392. The van der Waals surface area contributed by atoms with Crippen LogP contribution in [0.1, 0.15) is 25.7 Å². The molecule has 0 aromatic carbocycles. The fourth-order valence-corrected chi connectivity index (χ4v) is 3.20. The van der Waals surface area contributed by atoms with Gasteiger partial charge in [0.1, 0.15) is 5.54 Å². The predicted molar refractivity (Wildman–Crippen MR) is 61.9 cm³/mol. The van der Waals surface area contributed by atoms with Gasteiger partial charge < -0.3 is 20.4 Å². The average molecular weight is 254 g/mol. The lowest BCUT2D eigenvalue weighted by Crippen LogP contribution is -2.49. The number of carboxylic acids is 1. The maximum Gasteiger partial charge on any atom is 0.329 e. The topological polar surface area (TPSA) is 89.9 Å². The number of aliphatic hydroxyl groups is 1. The lowest BCUT2D eigenvalue weighted by molar-refractivity contribution is -0.140. The van der Waals surface area contributed by atoms with E-state index in [1.54, 1.807) is 4.90 Å². The molecule has 3 atom stereocenters. The van der Waals surface area contributed by atoms with Crippen LogP contribution in [-0.4, -0.2) is 51.8 Å². The van der Waals surface area contributed by atoms with Gasteiger partial charge in [-0.2, -0.15) is 0 Å². The summed E-state index contributed by atoms with van der Waals surface area (Å²) in [5.41, 5.74) is -1.02. The molecule has 3 rings (SSSR count). The fraction of sp³-hybridized carbons (Fsp3) is 0.833. The zero-order chi connectivity index (χ0) is 12.9. The summed E-state index contributed by atoms with van der Waals surface area (Å²) in [4.78, 5) is 24.7. The summed E-state index contributed by atoms with van der Waals surface area (Å²) in [6.45, 7) is 1.19. The van der Waals surface area contributed by atoms with Gasteiger partial charge in [-0.1, -0.05) is 0 Å². The molecule has 2 amide bonds. The summed E-state index contributed by atoms with van der Waals surface area (Å²) in [6.07, 6.45) is 2.50. The van der Waals surface area contributed by atoms with Gasteiger partial charge in [0.2, 0.25) is 0 Å². The third-order valence-electron chi connectivity index (χ3n) is 4.61. The number of rotatable bonds is 2. The number of carbonyl (C=O) groups excluding carboxylic acids is 1. The number of aliphatic carboxylic acids is 1. The van der Waals surface area contributed by atoms with Gasteiger partial charge in [-0.3, -0.25) is 0 Å². The van der Waals surface area contributed by atoms with Gasteiger partial charge in [0.25, 0.3) is 0 Å². The monoisotopic (exact) mass is 254 g/mol. The van der Waals surface area contributed by atoms with Crippen LogP contribution < -0.4 is 5.32 Å². The number of aliphatic hydroxyl groups excluding tert-OH is 1. The standard InChI is InChI=1S/C12H18N2O4/c15-9-2-1-7-5-14(6-8(7)9)11(18)13-12(3-4-12)10(16)17/h7-9,15H,1-6H2,(H,13,18)(H,16,17). The van der Waals surface area contributed by atoms with E-state index in [2.05, 4.69) is 5.32 Å². The molecule has 3 aliphatic rings. The Kier molecular flexibility index (Phi) is 2.52. The highest BCUT2D eigenvalue weighted by atomic mass is 16.4. The van der Waals surface area contributed by atoms with Crippen LogP contribution in [0.3, 0.4) is 0 Å². The summed E-state index contributed by atoms with van der Waals surface area (Å²) in [7, 11) is 0. The Hall–Kier alpha value is -1.30. The normalized spacial score (nSPS) is 36.3. The third-order valence-corrected chi connectivity index (χ3v) is 4.61. The number of carboxylic acid groups (broad SMARTS) is 1. The maximum atomic E-state index is 12.0. The highest BCUT2D eigenvalue weighted by molar-refractivity contribution is 5.89. The molecular weight excluding hydrogens is 236 g/mol. The molecule has 2 saturated carbocycles. The number of nitrogens with one attached hydrogen (secondary N) is 1. The van der Waals surface area contributed by atoms with Crippen LogP contribution >= 0.6 is 0 Å². The van der Waals surface area contributed by atoms with Crippen LogP contribution in [0.4, 0.5) is 4.79 Å². The summed E-state index contributed by atoms with van der Waals surface area (Å²) in [5, 5.41) is 21.4. The molecule has 6 nitrogen and oxygen atoms in total. The first kappa shape index (κ1) is 11.8. The minimum Gasteiger partial charge on any atom is -0.480 e. The molecule has 1 saturated heterocycles. The third kappa shape index (κ3) is 1.75. The molecule has 2 aliphatic carbocycles. The molecule has 0 bridgehead atoms. The largest absolute Gasteiger partial charge is 0.480 e. The second kappa shape index (κ2) is 3.85. The Morgan fingerprint density at radius 3 is 2.50 bits per heavy atom. The number of nitrogens with zero attached hydrogens (tertiary/aromatic N) is 1. The van der Waals surface area contributed by atoms with Crippen LogP contribution in [-0.2, 0) is 4.79 Å². The number of fused-ring (bicyclic) bond motifs is 1. The summed E-state index contributed by atoms with van der Waals surface area (Å²) in [6, 6.07) is -0.295. The Morgan fingerprint density at radius 2 is 1.94 bits per heavy atom. The van der Waals surface area contributed by atoms with Gasteiger partial charge in [0.15, 0.2) is 0 Å². The van der Waals surface area contributed by atoms with E-state index in [0.717, 1.165) is 12.8 Å². The Morgan fingerprint density at radius 1 is 1.22 bits per heavy atom. The smallest absolute Gasteiger partial charge is 0.329 e. The highest BCUT2D eigenvalue weighted by Gasteiger charge is 2.53. The van der Waals surface area contributed by atoms with Gasteiger partial charge in [-0.05, 0) is 31.6 Å². The average Bonchev–Trinajstić information content (AvgIpc) is 2.85. The fourth-order valence-electron chi connectivity index (χ4n) is 3.20. The first-order valence-corrected chi connectivity index (χ1v) is 6.50. The highest BCUT2D eigenvalue weighted by Crippen LogP contribution is 2.39. The molecule has 0 aromatic rings. The second-order valence-corrected chi connectivity index (χ2v) is 5.79. The number of urea groups is 1. The number of carbonyl (C=O) groups is 2. The van der Waals surface area contributed by atoms with E-state index in [-0.39, 0.29) is 18.1 Å². The second-order valence-electron chi connectivity index (χ2n) is 5.79. The van der Waals surface area contributed by atoms with Gasteiger partial charge >= 0.3 is 12.0 Å². The van der Waals surface area contributed by atoms with Crippen LogP contribution in [0.25, 0.3) is 0 Å². The molecule has 18 heavy (non-hydrogen) atoms. The van der Waals surface area contributed by atoms with Crippen molar-refractivity contribution in [3.05, 3.63) is 0 Å². The van der Waals surface area contributed by atoms with E-state index < -0.39 is 11.5 Å². The molecule has 3 N–H and O–H groups in total. The van der Waals surface area contributed by atoms with Crippen molar-refractivity contribution in [1.82, 2.24) is 10.2 Å². The molecule has 0 radical (unpaired) electrons. The van der Waals surface area contributed by atoms with Crippen molar-refractivity contribution in [3.63, 3.8) is 0 Å². The molecule has 100 valence electrons. The van der Waals surface area contributed by atoms with Crippen molar-refractivity contribution in [1.29, 1.82) is 0 Å². The van der Waals surface area contributed by atoms with Gasteiger partial charge in [-0.15, -0.1) is 0 Å². The van der Waals surface area contributed by atoms with Crippen LogP contribution in [0.5, 0.6) is 0 Å². The van der Waals surface area contributed by atoms with Crippen LogP contribution in [0, 0.1) is 11.8 Å². The minimum absolute atomic E-state index is 0.177. The van der Waals surface area contributed by atoms with E-state index in [0.29, 0.717) is 31.8 Å². The maximum absolute atomic E-state index is 12.0. The zero-order valence-electron chi connectivity index (χ0n) is 10.1. The van der Waals surface area contributed by atoms with Crippen molar-refractivity contribution < 1.29 is 19.8 Å². The van der Waals surface area contributed by atoms with Crippen molar-refractivity contribution in [2.45, 2.75) is 37.3 Å². The zero-order valence-corrected chi connectivity index (χ0v) is 10.1. The van der Waals surface area contributed by atoms with Crippen LogP contribution in [0.15, 0.2) is 0 Å². The Labute approximate surface area is 105 Å². The Balaban J connectivity index is 1.60. The Bertz CT molecular complexity index is 394. The first-order valence-electron chi connectivity index (χ1n) is 6.50. The van der Waals surface area contributed by atoms with E-state index >= 15 is 0 Å². The van der Waals surface area contributed by atoms with Crippen molar-refractivity contribution >= 4 is 12.0 Å². The SMILES string of the molecule is O=C(NC1(C(=O)O)CC1)N1CC2CCC(O)C2C1. The number of amides is 2.